The van der Waals surface area contributed by atoms with Crippen molar-refractivity contribution in [3.05, 3.63) is 52.7 Å². The van der Waals surface area contributed by atoms with Gasteiger partial charge in [0.15, 0.2) is 0 Å². The molecule has 0 radical (unpaired) electrons. The Kier molecular flexibility index (Phi) is 4.98. The van der Waals surface area contributed by atoms with Crippen molar-refractivity contribution in [2.45, 2.75) is 40.0 Å². The van der Waals surface area contributed by atoms with Gasteiger partial charge in [0.05, 0.1) is 5.69 Å². The first-order chi connectivity index (χ1) is 13.5. The lowest BCUT2D eigenvalue weighted by atomic mass is 9.94. The first-order valence-corrected chi connectivity index (χ1v) is 9.63. The molecule has 3 heterocycles. The lowest BCUT2D eigenvalue weighted by Gasteiger charge is -2.32. The van der Waals surface area contributed by atoms with Gasteiger partial charge in [-0.25, -0.2) is 0 Å². The molecule has 7 heteroatoms. The second-order valence-corrected chi connectivity index (χ2v) is 7.49. The first kappa shape index (κ1) is 18.4. The van der Waals surface area contributed by atoms with Crippen molar-refractivity contribution in [3.63, 3.8) is 0 Å². The molecule has 1 atom stereocenters. The molecule has 1 amide bonds. The molecule has 3 aromatic rings. The summed E-state index contributed by atoms with van der Waals surface area (Å²) in [5, 5.41) is 8.05. The number of hydrogen-bond donors (Lipinski definition) is 0. The predicted molar refractivity (Wildman–Crippen MR) is 103 cm³/mol. The summed E-state index contributed by atoms with van der Waals surface area (Å²) in [6.07, 6.45) is 2.66. The number of carbonyl (C=O) groups excluding carboxylic acids is 1. The molecule has 0 aliphatic carbocycles. The Balaban J connectivity index is 1.45. The van der Waals surface area contributed by atoms with Gasteiger partial charge in [-0.05, 0) is 45.1 Å². The third-order valence-electron chi connectivity index (χ3n) is 5.37. The van der Waals surface area contributed by atoms with Gasteiger partial charge < -0.3 is 13.9 Å². The van der Waals surface area contributed by atoms with Gasteiger partial charge >= 0.3 is 0 Å². The first-order valence-electron chi connectivity index (χ1n) is 9.63. The fourth-order valence-corrected chi connectivity index (χ4v) is 3.88. The zero-order valence-corrected chi connectivity index (χ0v) is 16.4. The number of aromatic nitrogens is 3. The van der Waals surface area contributed by atoms with E-state index >= 15 is 0 Å². The molecule has 2 aromatic heterocycles. The fraction of sp³-hybridized carbons (Fsp3) is 0.429. The maximum absolute atomic E-state index is 12.9. The number of nitrogens with zero attached hydrogens (tertiary/aromatic N) is 4. The highest BCUT2D eigenvalue weighted by Gasteiger charge is 2.29. The van der Waals surface area contributed by atoms with Crippen LogP contribution in [-0.2, 0) is 6.42 Å². The molecular formula is C21H24N4O3. The lowest BCUT2D eigenvalue weighted by molar-refractivity contribution is 0.0665. The topological polar surface area (TPSA) is 85.3 Å². The number of benzene rings is 1. The summed E-state index contributed by atoms with van der Waals surface area (Å²) in [6.45, 7) is 7.03. The Morgan fingerprint density at radius 1 is 1.18 bits per heavy atom. The van der Waals surface area contributed by atoms with Crippen LogP contribution in [0.3, 0.4) is 0 Å². The minimum absolute atomic E-state index is 0.00733. The summed E-state index contributed by atoms with van der Waals surface area (Å²) in [7, 11) is 0. The number of piperidine rings is 1. The van der Waals surface area contributed by atoms with Gasteiger partial charge in [-0.2, -0.15) is 4.98 Å². The second-order valence-electron chi connectivity index (χ2n) is 7.49. The Morgan fingerprint density at radius 2 is 2.00 bits per heavy atom. The summed E-state index contributed by atoms with van der Waals surface area (Å²) in [5.74, 6) is 2.10. The third-order valence-corrected chi connectivity index (χ3v) is 5.37. The summed E-state index contributed by atoms with van der Waals surface area (Å²) in [4.78, 5) is 19.4. The molecule has 146 valence electrons. The van der Waals surface area contributed by atoms with E-state index < -0.39 is 0 Å². The average molecular weight is 380 g/mol. The van der Waals surface area contributed by atoms with Crippen LogP contribution in [0.4, 0.5) is 0 Å². The highest BCUT2D eigenvalue weighted by atomic mass is 16.5. The van der Waals surface area contributed by atoms with Crippen molar-refractivity contribution in [2.75, 3.05) is 13.1 Å². The smallest absolute Gasteiger partial charge is 0.259 e. The van der Waals surface area contributed by atoms with Crippen LogP contribution in [0.5, 0.6) is 0 Å². The van der Waals surface area contributed by atoms with E-state index in [1.807, 2.05) is 36.1 Å². The zero-order chi connectivity index (χ0) is 19.7. The molecule has 0 spiro atoms. The van der Waals surface area contributed by atoms with Crippen LogP contribution in [-0.4, -0.2) is 39.2 Å². The Labute approximate surface area is 163 Å². The monoisotopic (exact) mass is 380 g/mol. The van der Waals surface area contributed by atoms with E-state index in [0.717, 1.165) is 30.5 Å². The predicted octanol–water partition coefficient (Wildman–Crippen LogP) is 3.74. The Hall–Kier alpha value is -2.96. The number of rotatable bonds is 4. The molecule has 1 unspecified atom stereocenters. The summed E-state index contributed by atoms with van der Waals surface area (Å²) in [5.41, 5.74) is 3.32. The fourth-order valence-electron chi connectivity index (χ4n) is 3.88. The maximum Gasteiger partial charge on any atom is 0.259 e. The Morgan fingerprint density at radius 3 is 2.75 bits per heavy atom. The normalized spacial score (nSPS) is 17.1. The second kappa shape index (κ2) is 7.58. The summed E-state index contributed by atoms with van der Waals surface area (Å²) in [6, 6.07) is 7.99. The van der Waals surface area contributed by atoms with Crippen LogP contribution in [0.15, 0.2) is 33.3 Å². The van der Waals surface area contributed by atoms with Gasteiger partial charge in [0.2, 0.25) is 11.7 Å². The van der Waals surface area contributed by atoms with Crippen LogP contribution < -0.4 is 0 Å². The van der Waals surface area contributed by atoms with Gasteiger partial charge in [-0.15, -0.1) is 0 Å². The molecule has 1 fully saturated rings. The van der Waals surface area contributed by atoms with E-state index in [1.54, 1.807) is 13.8 Å². The molecule has 4 rings (SSSR count). The molecule has 7 nitrogen and oxygen atoms in total. The minimum Gasteiger partial charge on any atom is -0.361 e. The molecular weight excluding hydrogens is 356 g/mol. The van der Waals surface area contributed by atoms with Gasteiger partial charge in [0.25, 0.3) is 5.91 Å². The molecule has 1 saturated heterocycles. The molecule has 0 saturated carbocycles. The summed E-state index contributed by atoms with van der Waals surface area (Å²) >= 11 is 0. The van der Waals surface area contributed by atoms with E-state index in [1.165, 1.54) is 0 Å². The number of likely N-dealkylation sites (tertiary alicyclic amines) is 1. The average Bonchev–Trinajstić information content (AvgIpc) is 3.28. The zero-order valence-electron chi connectivity index (χ0n) is 16.4. The number of amides is 1. The highest BCUT2D eigenvalue weighted by molar-refractivity contribution is 5.96. The summed E-state index contributed by atoms with van der Waals surface area (Å²) < 4.78 is 10.6. The van der Waals surface area contributed by atoms with Gasteiger partial charge in [-0.3, -0.25) is 4.79 Å². The quantitative estimate of drug-likeness (QED) is 0.685. The van der Waals surface area contributed by atoms with Crippen LogP contribution >= 0.6 is 0 Å². The maximum atomic E-state index is 12.9. The van der Waals surface area contributed by atoms with E-state index in [0.29, 0.717) is 47.6 Å². The van der Waals surface area contributed by atoms with Gasteiger partial charge in [0, 0.05) is 25.1 Å². The minimum atomic E-state index is -0.00733. The molecule has 0 N–H and O–H groups in total. The molecule has 1 aromatic carbocycles. The molecule has 1 aliphatic rings. The van der Waals surface area contributed by atoms with Crippen LogP contribution in [0.25, 0.3) is 11.4 Å². The Bertz CT molecular complexity index is 972. The highest BCUT2D eigenvalue weighted by Crippen LogP contribution is 2.25. The lowest BCUT2D eigenvalue weighted by Crippen LogP contribution is -2.40. The largest absolute Gasteiger partial charge is 0.361 e. The van der Waals surface area contributed by atoms with Crippen molar-refractivity contribution in [2.24, 2.45) is 5.92 Å². The molecule has 0 bridgehead atoms. The number of aryl methyl sites for hydroxylation is 3. The van der Waals surface area contributed by atoms with Crippen LogP contribution in [0.2, 0.25) is 0 Å². The van der Waals surface area contributed by atoms with Crippen molar-refractivity contribution in [1.29, 1.82) is 0 Å². The molecule has 1 aliphatic heterocycles. The van der Waals surface area contributed by atoms with Gasteiger partial charge in [0.1, 0.15) is 11.3 Å². The SMILES string of the molecule is Cc1ccccc1-c1noc(CC2CCCN(C(=O)c3c(C)noc3C)C2)n1. The number of carbonyl (C=O) groups is 1. The van der Waals surface area contributed by atoms with Crippen LogP contribution in [0.1, 0.15) is 46.1 Å². The van der Waals surface area contributed by atoms with Crippen molar-refractivity contribution < 1.29 is 13.8 Å². The molecule has 28 heavy (non-hydrogen) atoms. The number of hydrogen-bond acceptors (Lipinski definition) is 6. The van der Waals surface area contributed by atoms with Crippen molar-refractivity contribution in [3.8, 4) is 11.4 Å². The van der Waals surface area contributed by atoms with Crippen molar-refractivity contribution >= 4 is 5.91 Å². The third kappa shape index (κ3) is 3.56. The standard InChI is InChI=1S/C21H24N4O3/c1-13-7-4-5-9-17(13)20-22-18(28-24-20)11-16-8-6-10-25(12-16)21(26)19-14(2)23-27-15(19)3/h4-5,7,9,16H,6,8,10-12H2,1-3H3. The van der Waals surface area contributed by atoms with E-state index in [2.05, 4.69) is 15.3 Å². The van der Waals surface area contributed by atoms with Gasteiger partial charge in [-0.1, -0.05) is 34.6 Å². The van der Waals surface area contributed by atoms with E-state index in [-0.39, 0.29) is 5.91 Å². The van der Waals surface area contributed by atoms with E-state index in [4.69, 9.17) is 9.05 Å². The van der Waals surface area contributed by atoms with Crippen molar-refractivity contribution in [1.82, 2.24) is 20.2 Å². The van der Waals surface area contributed by atoms with E-state index in [9.17, 15) is 4.79 Å². The van der Waals surface area contributed by atoms with Crippen LogP contribution in [0, 0.1) is 26.7 Å².